The lowest BCUT2D eigenvalue weighted by Gasteiger charge is -2.26. The number of unbranched alkanes of at least 4 members (excludes halogenated alkanes) is 1. The Balaban J connectivity index is 1.67. The standard InChI is InChI=1S/C30H39N3O4/c1-8-10-11-22-12-14-24(15-13-22)26-18-25(32-33(26)7)28(34)31-19-23-16-20(3)27(21(4)17-23)37-30(5,6)29(35)36-9-2/h12-18H,8-11,19H2,1-7H3,(H,31,34). The predicted octanol–water partition coefficient (Wildman–Crippen LogP) is 5.70. The predicted molar refractivity (Wildman–Crippen MR) is 146 cm³/mol. The Morgan fingerprint density at radius 3 is 2.24 bits per heavy atom. The second kappa shape index (κ2) is 12.1. The fourth-order valence-corrected chi connectivity index (χ4v) is 4.25. The molecule has 0 aliphatic heterocycles. The van der Waals surface area contributed by atoms with Crippen molar-refractivity contribution >= 4 is 11.9 Å². The van der Waals surface area contributed by atoms with E-state index in [0.717, 1.165) is 34.4 Å². The second-order valence-electron chi connectivity index (χ2n) is 9.91. The van der Waals surface area contributed by atoms with Crippen LogP contribution in [0.15, 0.2) is 42.5 Å². The molecule has 2 aromatic carbocycles. The Labute approximate surface area is 220 Å². The van der Waals surface area contributed by atoms with Gasteiger partial charge < -0.3 is 14.8 Å². The lowest BCUT2D eigenvalue weighted by Crippen LogP contribution is -2.40. The topological polar surface area (TPSA) is 82.4 Å². The van der Waals surface area contributed by atoms with E-state index in [0.29, 0.717) is 24.6 Å². The molecular weight excluding hydrogens is 466 g/mol. The molecule has 0 saturated heterocycles. The molecular formula is C30H39N3O4. The maximum atomic E-state index is 12.9. The van der Waals surface area contributed by atoms with Crippen LogP contribution in [0.3, 0.4) is 0 Å². The third-order valence-electron chi connectivity index (χ3n) is 6.28. The number of aryl methyl sites for hydroxylation is 4. The first-order chi connectivity index (χ1) is 17.6. The van der Waals surface area contributed by atoms with Gasteiger partial charge in [-0.3, -0.25) is 9.48 Å². The molecule has 0 fully saturated rings. The smallest absolute Gasteiger partial charge is 0.349 e. The summed E-state index contributed by atoms with van der Waals surface area (Å²) in [5.74, 6) is -0.00369. The highest BCUT2D eigenvalue weighted by molar-refractivity contribution is 5.93. The van der Waals surface area contributed by atoms with E-state index in [9.17, 15) is 9.59 Å². The summed E-state index contributed by atoms with van der Waals surface area (Å²) >= 11 is 0. The van der Waals surface area contributed by atoms with E-state index in [1.807, 2.05) is 39.1 Å². The summed E-state index contributed by atoms with van der Waals surface area (Å²) < 4.78 is 12.9. The van der Waals surface area contributed by atoms with Crippen LogP contribution in [0.4, 0.5) is 0 Å². The molecule has 0 unspecified atom stereocenters. The Bertz CT molecular complexity index is 1220. The van der Waals surface area contributed by atoms with Crippen molar-refractivity contribution in [3.63, 3.8) is 0 Å². The molecule has 37 heavy (non-hydrogen) atoms. The van der Waals surface area contributed by atoms with Crippen molar-refractivity contribution in [3.05, 3.63) is 70.4 Å². The van der Waals surface area contributed by atoms with Gasteiger partial charge in [0.2, 0.25) is 0 Å². The van der Waals surface area contributed by atoms with E-state index in [-0.39, 0.29) is 5.91 Å². The number of esters is 1. The van der Waals surface area contributed by atoms with Gasteiger partial charge in [-0.1, -0.05) is 49.7 Å². The fourth-order valence-electron chi connectivity index (χ4n) is 4.25. The van der Waals surface area contributed by atoms with Crippen molar-refractivity contribution in [3.8, 4) is 17.0 Å². The molecule has 3 aromatic rings. The normalized spacial score (nSPS) is 11.3. The van der Waals surface area contributed by atoms with Crippen LogP contribution in [0.1, 0.15) is 73.3 Å². The van der Waals surface area contributed by atoms with E-state index < -0.39 is 11.6 Å². The molecule has 0 spiro atoms. The van der Waals surface area contributed by atoms with Crippen molar-refractivity contribution in [2.45, 2.75) is 73.0 Å². The van der Waals surface area contributed by atoms with Crippen LogP contribution in [-0.4, -0.2) is 33.9 Å². The molecule has 3 rings (SSSR count). The number of rotatable bonds is 11. The molecule has 0 radical (unpaired) electrons. The van der Waals surface area contributed by atoms with Gasteiger partial charge in [0, 0.05) is 13.6 Å². The molecule has 1 amide bonds. The quantitative estimate of drug-likeness (QED) is 0.338. The van der Waals surface area contributed by atoms with E-state index in [1.165, 1.54) is 18.4 Å². The van der Waals surface area contributed by atoms with Crippen molar-refractivity contribution in [1.29, 1.82) is 0 Å². The Kier molecular flexibility index (Phi) is 9.14. The van der Waals surface area contributed by atoms with Gasteiger partial charge in [0.25, 0.3) is 5.91 Å². The number of carbonyl (C=O) groups is 2. The number of nitrogens with zero attached hydrogens (tertiary/aromatic N) is 2. The van der Waals surface area contributed by atoms with Crippen molar-refractivity contribution in [2.24, 2.45) is 7.05 Å². The van der Waals surface area contributed by atoms with Crippen molar-refractivity contribution < 1.29 is 19.1 Å². The first-order valence-corrected chi connectivity index (χ1v) is 12.9. The SMILES string of the molecule is CCCCc1ccc(-c2cc(C(=O)NCc3cc(C)c(OC(C)(C)C(=O)OCC)c(C)c3)nn2C)cc1. The molecule has 7 heteroatoms. The van der Waals surface area contributed by atoms with Crippen LogP contribution in [0, 0.1) is 13.8 Å². The third-order valence-corrected chi connectivity index (χ3v) is 6.28. The number of hydrogen-bond acceptors (Lipinski definition) is 5. The molecule has 1 heterocycles. The highest BCUT2D eigenvalue weighted by Gasteiger charge is 2.32. The highest BCUT2D eigenvalue weighted by Crippen LogP contribution is 2.29. The summed E-state index contributed by atoms with van der Waals surface area (Å²) in [6, 6.07) is 14.2. The average molecular weight is 506 g/mol. The molecule has 0 saturated carbocycles. The summed E-state index contributed by atoms with van der Waals surface area (Å²) in [5, 5.41) is 7.40. The van der Waals surface area contributed by atoms with Crippen LogP contribution in [0.2, 0.25) is 0 Å². The Morgan fingerprint density at radius 2 is 1.65 bits per heavy atom. The maximum Gasteiger partial charge on any atom is 0.349 e. The summed E-state index contributed by atoms with van der Waals surface area (Å²) in [7, 11) is 1.85. The summed E-state index contributed by atoms with van der Waals surface area (Å²) in [6.45, 7) is 11.8. The largest absolute Gasteiger partial charge is 0.476 e. The van der Waals surface area contributed by atoms with Gasteiger partial charge in [-0.05, 0) is 81.3 Å². The van der Waals surface area contributed by atoms with Gasteiger partial charge in [-0.25, -0.2) is 4.79 Å². The number of carbonyl (C=O) groups excluding carboxylic acids is 2. The van der Waals surface area contributed by atoms with Gasteiger partial charge in [0.15, 0.2) is 11.3 Å². The van der Waals surface area contributed by atoms with Crippen LogP contribution < -0.4 is 10.1 Å². The van der Waals surface area contributed by atoms with E-state index >= 15 is 0 Å². The van der Waals surface area contributed by atoms with Gasteiger partial charge >= 0.3 is 5.97 Å². The lowest BCUT2D eigenvalue weighted by molar-refractivity contribution is -0.158. The lowest BCUT2D eigenvalue weighted by atomic mass is 10.0. The molecule has 0 aliphatic rings. The number of hydrogen-bond donors (Lipinski definition) is 1. The van der Waals surface area contributed by atoms with Gasteiger partial charge in [0.1, 0.15) is 5.75 Å². The average Bonchev–Trinajstić information content (AvgIpc) is 3.25. The minimum atomic E-state index is -1.10. The number of aromatic nitrogens is 2. The van der Waals surface area contributed by atoms with Crippen LogP contribution in [0.25, 0.3) is 11.3 Å². The minimum absolute atomic E-state index is 0.236. The second-order valence-corrected chi connectivity index (χ2v) is 9.91. The van der Waals surface area contributed by atoms with Crippen molar-refractivity contribution in [1.82, 2.24) is 15.1 Å². The van der Waals surface area contributed by atoms with Crippen molar-refractivity contribution in [2.75, 3.05) is 6.61 Å². The zero-order valence-electron chi connectivity index (χ0n) is 23.1. The third kappa shape index (κ3) is 7.00. The fraction of sp³-hybridized carbons (Fsp3) is 0.433. The molecule has 0 aliphatic carbocycles. The van der Waals surface area contributed by atoms with E-state index in [4.69, 9.17) is 9.47 Å². The van der Waals surface area contributed by atoms with Crippen LogP contribution in [0.5, 0.6) is 5.75 Å². The van der Waals surface area contributed by atoms with Gasteiger partial charge in [-0.15, -0.1) is 0 Å². The molecule has 1 aromatic heterocycles. The number of ether oxygens (including phenoxy) is 2. The molecule has 0 atom stereocenters. The minimum Gasteiger partial charge on any atom is -0.476 e. The maximum absolute atomic E-state index is 12.9. The number of amides is 1. The number of benzene rings is 2. The molecule has 7 nitrogen and oxygen atoms in total. The highest BCUT2D eigenvalue weighted by atomic mass is 16.6. The molecule has 1 N–H and O–H groups in total. The summed E-state index contributed by atoms with van der Waals surface area (Å²) in [4.78, 5) is 25.1. The monoisotopic (exact) mass is 505 g/mol. The zero-order chi connectivity index (χ0) is 27.2. The van der Waals surface area contributed by atoms with E-state index in [1.54, 1.807) is 25.5 Å². The summed E-state index contributed by atoms with van der Waals surface area (Å²) in [6.07, 6.45) is 3.42. The number of nitrogens with one attached hydrogen (secondary N) is 1. The molecule has 198 valence electrons. The molecule has 0 bridgehead atoms. The first-order valence-electron chi connectivity index (χ1n) is 12.9. The summed E-state index contributed by atoms with van der Waals surface area (Å²) in [5.41, 5.74) is 5.20. The van der Waals surface area contributed by atoms with Crippen LogP contribution in [-0.2, 0) is 29.5 Å². The Hall–Kier alpha value is -3.61. The Morgan fingerprint density at radius 1 is 1.00 bits per heavy atom. The first kappa shape index (κ1) is 28.0. The van der Waals surface area contributed by atoms with E-state index in [2.05, 4.69) is 41.6 Å². The van der Waals surface area contributed by atoms with Gasteiger partial charge in [0.05, 0.1) is 12.3 Å². The van der Waals surface area contributed by atoms with Crippen LogP contribution >= 0.6 is 0 Å². The van der Waals surface area contributed by atoms with Gasteiger partial charge in [-0.2, -0.15) is 5.10 Å². The zero-order valence-corrected chi connectivity index (χ0v) is 23.1.